The molecular weight excluding hydrogens is 334 g/mol. The van der Waals surface area contributed by atoms with Gasteiger partial charge < -0.3 is 0 Å². The summed E-state index contributed by atoms with van der Waals surface area (Å²) >= 11 is 0. The zero-order valence-corrected chi connectivity index (χ0v) is 12.8. The van der Waals surface area contributed by atoms with E-state index in [0.29, 0.717) is 12.1 Å². The van der Waals surface area contributed by atoms with Crippen molar-refractivity contribution in [3.63, 3.8) is 0 Å². The van der Waals surface area contributed by atoms with Crippen molar-refractivity contribution in [2.45, 2.75) is 24.5 Å². The SMILES string of the molecule is Cc1ccc(S(=O)(=O)NCc2cc(F)cc(C(F)(F)F)c2)cc1. The summed E-state index contributed by atoms with van der Waals surface area (Å²) in [6, 6.07) is 7.87. The Hall–Kier alpha value is -1.93. The molecule has 2 aromatic rings. The molecule has 3 nitrogen and oxygen atoms in total. The highest BCUT2D eigenvalue weighted by Gasteiger charge is 2.31. The van der Waals surface area contributed by atoms with Gasteiger partial charge in [-0.25, -0.2) is 17.5 Å². The van der Waals surface area contributed by atoms with E-state index < -0.39 is 34.1 Å². The van der Waals surface area contributed by atoms with Crippen molar-refractivity contribution in [1.82, 2.24) is 4.72 Å². The molecule has 0 heterocycles. The van der Waals surface area contributed by atoms with Crippen LogP contribution in [0.15, 0.2) is 47.4 Å². The van der Waals surface area contributed by atoms with Crippen molar-refractivity contribution in [3.8, 4) is 0 Å². The van der Waals surface area contributed by atoms with Gasteiger partial charge in [0.2, 0.25) is 10.0 Å². The predicted molar refractivity (Wildman–Crippen MR) is 76.6 cm³/mol. The summed E-state index contributed by atoms with van der Waals surface area (Å²) in [5, 5.41) is 0. The molecule has 0 saturated heterocycles. The highest BCUT2D eigenvalue weighted by Crippen LogP contribution is 2.30. The van der Waals surface area contributed by atoms with Crippen LogP contribution in [-0.2, 0) is 22.7 Å². The largest absolute Gasteiger partial charge is 0.416 e. The van der Waals surface area contributed by atoms with Crippen LogP contribution in [0, 0.1) is 12.7 Å². The Bertz CT molecular complexity index is 799. The van der Waals surface area contributed by atoms with Gasteiger partial charge in [-0.3, -0.25) is 0 Å². The molecule has 0 atom stereocenters. The summed E-state index contributed by atoms with van der Waals surface area (Å²) in [6.45, 7) is 1.34. The van der Waals surface area contributed by atoms with Crippen LogP contribution in [0.25, 0.3) is 0 Å². The summed E-state index contributed by atoms with van der Waals surface area (Å²) < 4.78 is 77.4. The number of hydrogen-bond acceptors (Lipinski definition) is 2. The number of nitrogens with one attached hydrogen (secondary N) is 1. The Morgan fingerprint density at radius 2 is 1.65 bits per heavy atom. The molecule has 0 amide bonds. The van der Waals surface area contributed by atoms with E-state index in [1.165, 1.54) is 12.1 Å². The lowest BCUT2D eigenvalue weighted by molar-refractivity contribution is -0.137. The fourth-order valence-electron chi connectivity index (χ4n) is 1.90. The predicted octanol–water partition coefficient (Wildman–Crippen LogP) is 3.63. The van der Waals surface area contributed by atoms with E-state index in [2.05, 4.69) is 4.72 Å². The molecule has 0 aliphatic rings. The monoisotopic (exact) mass is 347 g/mol. The second-order valence-electron chi connectivity index (χ2n) is 4.98. The molecule has 1 N–H and O–H groups in total. The second-order valence-corrected chi connectivity index (χ2v) is 6.75. The minimum atomic E-state index is -4.70. The molecule has 2 rings (SSSR count). The molecule has 2 aromatic carbocycles. The number of halogens is 4. The highest BCUT2D eigenvalue weighted by atomic mass is 32.2. The van der Waals surface area contributed by atoms with Gasteiger partial charge in [-0.1, -0.05) is 17.7 Å². The second kappa shape index (κ2) is 6.29. The minimum Gasteiger partial charge on any atom is -0.207 e. The number of rotatable bonds is 4. The first-order valence-corrected chi connectivity index (χ1v) is 7.99. The van der Waals surface area contributed by atoms with E-state index >= 15 is 0 Å². The fourth-order valence-corrected chi connectivity index (χ4v) is 2.91. The van der Waals surface area contributed by atoms with Crippen LogP contribution >= 0.6 is 0 Å². The van der Waals surface area contributed by atoms with Crippen molar-refractivity contribution < 1.29 is 26.0 Å². The molecule has 0 saturated carbocycles. The van der Waals surface area contributed by atoms with Crippen LogP contribution in [0.2, 0.25) is 0 Å². The van der Waals surface area contributed by atoms with Crippen molar-refractivity contribution in [2.75, 3.05) is 0 Å². The van der Waals surface area contributed by atoms with Crippen molar-refractivity contribution in [1.29, 1.82) is 0 Å². The molecule has 0 aliphatic carbocycles. The van der Waals surface area contributed by atoms with Gasteiger partial charge >= 0.3 is 6.18 Å². The Labute approximate surface area is 131 Å². The van der Waals surface area contributed by atoms with Crippen molar-refractivity contribution in [3.05, 3.63) is 65.0 Å². The average molecular weight is 347 g/mol. The van der Waals surface area contributed by atoms with Crippen molar-refractivity contribution >= 4 is 10.0 Å². The summed E-state index contributed by atoms with van der Waals surface area (Å²) in [5.41, 5.74) is -0.418. The summed E-state index contributed by atoms with van der Waals surface area (Å²) in [6.07, 6.45) is -4.70. The van der Waals surface area contributed by atoms with Crippen LogP contribution in [-0.4, -0.2) is 8.42 Å². The minimum absolute atomic E-state index is 0.0180. The van der Waals surface area contributed by atoms with Gasteiger partial charge in [0.15, 0.2) is 0 Å². The standard InChI is InChI=1S/C15H13F4NO2S/c1-10-2-4-14(5-3-10)23(21,22)20-9-11-6-12(15(17,18)19)8-13(16)7-11/h2-8,20H,9H2,1H3. The lowest BCUT2D eigenvalue weighted by Gasteiger charge is -2.11. The highest BCUT2D eigenvalue weighted by molar-refractivity contribution is 7.89. The Morgan fingerprint density at radius 3 is 2.22 bits per heavy atom. The Morgan fingerprint density at radius 1 is 1.04 bits per heavy atom. The van der Waals surface area contributed by atoms with Crippen LogP contribution in [0.1, 0.15) is 16.7 Å². The zero-order chi connectivity index (χ0) is 17.3. The van der Waals surface area contributed by atoms with E-state index in [1.807, 2.05) is 0 Å². The van der Waals surface area contributed by atoms with E-state index in [0.717, 1.165) is 11.6 Å². The summed E-state index contributed by atoms with van der Waals surface area (Å²) in [7, 11) is -3.89. The third kappa shape index (κ3) is 4.52. The molecule has 124 valence electrons. The van der Waals surface area contributed by atoms with Crippen LogP contribution in [0.4, 0.5) is 17.6 Å². The molecule has 23 heavy (non-hydrogen) atoms. The van der Waals surface area contributed by atoms with Crippen molar-refractivity contribution in [2.24, 2.45) is 0 Å². The number of sulfonamides is 1. The maximum absolute atomic E-state index is 13.3. The topological polar surface area (TPSA) is 46.2 Å². The van der Waals surface area contributed by atoms with E-state index in [9.17, 15) is 26.0 Å². The van der Waals surface area contributed by atoms with Gasteiger partial charge in [0, 0.05) is 6.54 Å². The third-order valence-corrected chi connectivity index (χ3v) is 4.50. The quantitative estimate of drug-likeness (QED) is 0.859. The summed E-state index contributed by atoms with van der Waals surface area (Å²) in [4.78, 5) is -0.0180. The fraction of sp³-hybridized carbons (Fsp3) is 0.200. The molecule has 0 aliphatic heterocycles. The molecule has 0 fully saturated rings. The first-order chi connectivity index (χ1) is 10.6. The summed E-state index contributed by atoms with van der Waals surface area (Å²) in [5.74, 6) is -1.08. The molecular formula is C15H13F4NO2S. The average Bonchev–Trinajstić information content (AvgIpc) is 2.44. The van der Waals surface area contributed by atoms with Gasteiger partial charge in [-0.05, 0) is 42.8 Å². The van der Waals surface area contributed by atoms with Gasteiger partial charge in [0.05, 0.1) is 10.5 Å². The lowest BCUT2D eigenvalue weighted by Crippen LogP contribution is -2.23. The van der Waals surface area contributed by atoms with Gasteiger partial charge in [0.1, 0.15) is 5.82 Å². The first-order valence-electron chi connectivity index (χ1n) is 6.51. The maximum atomic E-state index is 13.3. The molecule has 0 unspecified atom stereocenters. The van der Waals surface area contributed by atoms with Crippen LogP contribution in [0.3, 0.4) is 0 Å². The van der Waals surface area contributed by atoms with E-state index in [-0.39, 0.29) is 10.5 Å². The molecule has 0 aromatic heterocycles. The van der Waals surface area contributed by atoms with E-state index in [1.54, 1.807) is 19.1 Å². The Balaban J connectivity index is 2.20. The molecule has 0 radical (unpaired) electrons. The molecule has 0 spiro atoms. The molecule has 0 bridgehead atoms. The number of hydrogen-bond donors (Lipinski definition) is 1. The first kappa shape index (κ1) is 17.4. The Kier molecular flexibility index (Phi) is 4.76. The van der Waals surface area contributed by atoms with Crippen LogP contribution in [0.5, 0.6) is 0 Å². The van der Waals surface area contributed by atoms with Crippen LogP contribution < -0.4 is 4.72 Å². The number of benzene rings is 2. The number of alkyl halides is 3. The van der Waals surface area contributed by atoms with E-state index in [4.69, 9.17) is 0 Å². The normalized spacial score (nSPS) is 12.4. The van der Waals surface area contributed by atoms with Gasteiger partial charge in [-0.2, -0.15) is 13.2 Å². The van der Waals surface area contributed by atoms with Gasteiger partial charge in [-0.15, -0.1) is 0 Å². The maximum Gasteiger partial charge on any atom is 0.416 e. The third-order valence-electron chi connectivity index (χ3n) is 3.08. The lowest BCUT2D eigenvalue weighted by atomic mass is 10.1. The number of aryl methyl sites for hydroxylation is 1. The molecule has 8 heteroatoms. The zero-order valence-electron chi connectivity index (χ0n) is 12.0. The smallest absolute Gasteiger partial charge is 0.207 e. The van der Waals surface area contributed by atoms with Gasteiger partial charge in [0.25, 0.3) is 0 Å².